The molecule has 0 bridgehead atoms. The molecule has 0 aliphatic heterocycles. The van der Waals surface area contributed by atoms with Crippen LogP contribution in [0.3, 0.4) is 0 Å². The van der Waals surface area contributed by atoms with Gasteiger partial charge >= 0.3 is 6.09 Å². The molecular formula is C12H25NO2. The zero-order chi connectivity index (χ0) is 11.8. The molecule has 3 nitrogen and oxygen atoms in total. The Morgan fingerprint density at radius 1 is 1.20 bits per heavy atom. The van der Waals surface area contributed by atoms with Crippen molar-refractivity contribution in [2.24, 2.45) is 5.92 Å². The molecule has 0 spiro atoms. The van der Waals surface area contributed by atoms with Gasteiger partial charge in [0.25, 0.3) is 0 Å². The summed E-state index contributed by atoms with van der Waals surface area (Å²) in [6, 6.07) is 0.312. The van der Waals surface area contributed by atoms with Crippen molar-refractivity contribution in [1.29, 1.82) is 0 Å². The van der Waals surface area contributed by atoms with Crippen molar-refractivity contribution >= 4 is 6.09 Å². The predicted molar refractivity (Wildman–Crippen MR) is 62.9 cm³/mol. The summed E-state index contributed by atoms with van der Waals surface area (Å²) in [6.45, 7) is 11.5. The van der Waals surface area contributed by atoms with E-state index in [2.05, 4.69) is 27.7 Å². The van der Waals surface area contributed by atoms with Crippen molar-refractivity contribution in [3.8, 4) is 0 Å². The van der Waals surface area contributed by atoms with E-state index in [1.807, 2.05) is 11.8 Å². The minimum atomic E-state index is -0.167. The molecule has 0 saturated carbocycles. The quantitative estimate of drug-likeness (QED) is 0.680. The van der Waals surface area contributed by atoms with Crippen LogP contribution < -0.4 is 0 Å². The number of hydrogen-bond acceptors (Lipinski definition) is 2. The SMILES string of the molecule is CCOC(=O)N(CC(C)C)C(CC)CC. The summed E-state index contributed by atoms with van der Waals surface area (Å²) in [5, 5.41) is 0. The first-order chi connectivity index (χ1) is 7.06. The molecule has 0 saturated heterocycles. The number of carbonyl (C=O) groups excluding carboxylic acids is 1. The lowest BCUT2D eigenvalue weighted by Crippen LogP contribution is -2.42. The molecule has 15 heavy (non-hydrogen) atoms. The van der Waals surface area contributed by atoms with Crippen LogP contribution in [0, 0.1) is 5.92 Å². The predicted octanol–water partition coefficient (Wildman–Crippen LogP) is 3.29. The summed E-state index contributed by atoms with van der Waals surface area (Å²) in [5.74, 6) is 0.481. The van der Waals surface area contributed by atoms with Gasteiger partial charge in [-0.05, 0) is 25.7 Å². The summed E-state index contributed by atoms with van der Waals surface area (Å²) in [5.41, 5.74) is 0. The molecule has 0 rings (SSSR count). The van der Waals surface area contributed by atoms with Gasteiger partial charge in [0.2, 0.25) is 0 Å². The van der Waals surface area contributed by atoms with Crippen LogP contribution in [0.4, 0.5) is 4.79 Å². The second kappa shape index (κ2) is 7.55. The van der Waals surface area contributed by atoms with Crippen LogP contribution in [0.15, 0.2) is 0 Å². The average Bonchev–Trinajstić information content (AvgIpc) is 2.18. The van der Waals surface area contributed by atoms with E-state index in [1.165, 1.54) is 0 Å². The molecule has 0 atom stereocenters. The number of ether oxygens (including phenoxy) is 1. The van der Waals surface area contributed by atoms with Gasteiger partial charge in [-0.1, -0.05) is 27.7 Å². The number of carbonyl (C=O) groups is 1. The second-order valence-electron chi connectivity index (χ2n) is 4.22. The molecule has 0 heterocycles. The van der Waals surface area contributed by atoms with Crippen molar-refractivity contribution in [2.75, 3.05) is 13.2 Å². The van der Waals surface area contributed by atoms with E-state index in [-0.39, 0.29) is 6.09 Å². The third-order valence-electron chi connectivity index (χ3n) is 2.45. The number of amides is 1. The monoisotopic (exact) mass is 215 g/mol. The van der Waals surface area contributed by atoms with Crippen LogP contribution in [0.5, 0.6) is 0 Å². The highest BCUT2D eigenvalue weighted by Gasteiger charge is 2.22. The van der Waals surface area contributed by atoms with Gasteiger partial charge in [-0.25, -0.2) is 4.79 Å². The highest BCUT2D eigenvalue weighted by atomic mass is 16.6. The molecule has 0 fully saturated rings. The molecule has 0 unspecified atom stereocenters. The van der Waals surface area contributed by atoms with Gasteiger partial charge in [0.05, 0.1) is 6.61 Å². The first kappa shape index (κ1) is 14.3. The van der Waals surface area contributed by atoms with Crippen LogP contribution in [0.2, 0.25) is 0 Å². The maximum atomic E-state index is 11.7. The molecule has 0 aliphatic rings. The van der Waals surface area contributed by atoms with Crippen LogP contribution >= 0.6 is 0 Å². The molecule has 3 heteroatoms. The van der Waals surface area contributed by atoms with Gasteiger partial charge < -0.3 is 9.64 Å². The van der Waals surface area contributed by atoms with Crippen molar-refractivity contribution < 1.29 is 9.53 Å². The largest absolute Gasteiger partial charge is 0.450 e. The van der Waals surface area contributed by atoms with Gasteiger partial charge in [-0.2, -0.15) is 0 Å². The Bertz CT molecular complexity index is 176. The number of hydrogen-bond donors (Lipinski definition) is 0. The summed E-state index contributed by atoms with van der Waals surface area (Å²) in [6.07, 6.45) is 1.81. The minimum Gasteiger partial charge on any atom is -0.450 e. The fraction of sp³-hybridized carbons (Fsp3) is 0.917. The standard InChI is InChI=1S/C12H25NO2/c1-6-11(7-2)13(9-10(4)5)12(14)15-8-3/h10-11H,6-9H2,1-5H3. The molecule has 0 aromatic heterocycles. The Morgan fingerprint density at radius 3 is 2.07 bits per heavy atom. The van der Waals surface area contributed by atoms with Crippen LogP contribution in [0.25, 0.3) is 0 Å². The van der Waals surface area contributed by atoms with Gasteiger partial charge in [-0.15, -0.1) is 0 Å². The summed E-state index contributed by atoms with van der Waals surface area (Å²) < 4.78 is 5.08. The molecule has 1 amide bonds. The van der Waals surface area contributed by atoms with Crippen molar-refractivity contribution in [1.82, 2.24) is 4.90 Å². The van der Waals surface area contributed by atoms with Crippen LogP contribution in [0.1, 0.15) is 47.5 Å². The first-order valence-corrected chi connectivity index (χ1v) is 6.00. The topological polar surface area (TPSA) is 29.5 Å². The summed E-state index contributed by atoms with van der Waals surface area (Å²) in [4.78, 5) is 13.6. The lowest BCUT2D eigenvalue weighted by atomic mass is 10.1. The highest BCUT2D eigenvalue weighted by molar-refractivity contribution is 5.68. The highest BCUT2D eigenvalue weighted by Crippen LogP contribution is 2.12. The van der Waals surface area contributed by atoms with Gasteiger partial charge in [-0.3, -0.25) is 0 Å². The van der Waals surface area contributed by atoms with Gasteiger partial charge in [0.1, 0.15) is 0 Å². The Hall–Kier alpha value is -0.730. The zero-order valence-corrected chi connectivity index (χ0v) is 10.7. The molecular weight excluding hydrogens is 190 g/mol. The second-order valence-corrected chi connectivity index (χ2v) is 4.22. The van der Waals surface area contributed by atoms with Gasteiger partial charge in [0.15, 0.2) is 0 Å². The Balaban J connectivity index is 4.47. The van der Waals surface area contributed by atoms with E-state index >= 15 is 0 Å². The fourth-order valence-corrected chi connectivity index (χ4v) is 1.70. The molecule has 0 radical (unpaired) electrons. The number of rotatable bonds is 6. The Labute approximate surface area is 93.8 Å². The van der Waals surface area contributed by atoms with Crippen LogP contribution in [-0.2, 0) is 4.74 Å². The van der Waals surface area contributed by atoms with E-state index in [0.29, 0.717) is 18.6 Å². The molecule has 0 N–H and O–H groups in total. The molecule has 0 aromatic rings. The van der Waals surface area contributed by atoms with Crippen molar-refractivity contribution in [3.05, 3.63) is 0 Å². The van der Waals surface area contributed by atoms with E-state index in [9.17, 15) is 4.79 Å². The Morgan fingerprint density at radius 2 is 1.73 bits per heavy atom. The third kappa shape index (κ3) is 5.05. The summed E-state index contributed by atoms with van der Waals surface area (Å²) >= 11 is 0. The zero-order valence-electron chi connectivity index (χ0n) is 10.7. The van der Waals surface area contributed by atoms with E-state index in [4.69, 9.17) is 4.74 Å². The smallest absolute Gasteiger partial charge is 0.410 e. The molecule has 0 aromatic carbocycles. The van der Waals surface area contributed by atoms with Crippen LogP contribution in [-0.4, -0.2) is 30.2 Å². The van der Waals surface area contributed by atoms with Crippen molar-refractivity contribution in [3.63, 3.8) is 0 Å². The molecule has 90 valence electrons. The normalized spacial score (nSPS) is 10.9. The molecule has 0 aliphatic carbocycles. The first-order valence-electron chi connectivity index (χ1n) is 6.00. The maximum Gasteiger partial charge on any atom is 0.410 e. The minimum absolute atomic E-state index is 0.167. The average molecular weight is 215 g/mol. The van der Waals surface area contributed by atoms with Crippen molar-refractivity contribution in [2.45, 2.75) is 53.5 Å². The van der Waals surface area contributed by atoms with Gasteiger partial charge in [0, 0.05) is 12.6 Å². The van der Waals surface area contributed by atoms with E-state index in [0.717, 1.165) is 19.4 Å². The lowest BCUT2D eigenvalue weighted by Gasteiger charge is -2.30. The summed E-state index contributed by atoms with van der Waals surface area (Å²) in [7, 11) is 0. The van der Waals surface area contributed by atoms with E-state index < -0.39 is 0 Å². The number of nitrogens with zero attached hydrogens (tertiary/aromatic N) is 1. The third-order valence-corrected chi connectivity index (χ3v) is 2.45. The fourth-order valence-electron chi connectivity index (χ4n) is 1.70. The lowest BCUT2D eigenvalue weighted by molar-refractivity contribution is 0.0823. The Kier molecular flexibility index (Phi) is 7.18. The van der Waals surface area contributed by atoms with E-state index in [1.54, 1.807) is 0 Å². The maximum absolute atomic E-state index is 11.7.